The first-order valence-electron chi connectivity index (χ1n) is 12.0. The van der Waals surface area contributed by atoms with Crippen LogP contribution in [0.3, 0.4) is 0 Å². The predicted molar refractivity (Wildman–Crippen MR) is 122 cm³/mol. The second kappa shape index (κ2) is 10.2. The molecule has 0 atom stereocenters. The summed E-state index contributed by atoms with van der Waals surface area (Å²) in [4.78, 5) is 38.0. The molecule has 0 aromatic heterocycles. The van der Waals surface area contributed by atoms with E-state index in [0.29, 0.717) is 5.56 Å². The Balaban J connectivity index is 1.13. The van der Waals surface area contributed by atoms with Crippen molar-refractivity contribution in [3.63, 3.8) is 0 Å². The summed E-state index contributed by atoms with van der Waals surface area (Å²) >= 11 is 0. The molecule has 1 aromatic carbocycles. The number of ether oxygens (including phenoxy) is 2. The van der Waals surface area contributed by atoms with E-state index in [2.05, 4.69) is 10.6 Å². The van der Waals surface area contributed by atoms with Gasteiger partial charge in [0.15, 0.2) is 18.2 Å². The molecule has 186 valence electrons. The third-order valence-corrected chi connectivity index (χ3v) is 7.45. The highest BCUT2D eigenvalue weighted by atomic mass is 19.1. The molecule has 0 heterocycles. The number of methoxy groups -OCH3 is 1. The maximum Gasteiger partial charge on any atom is 0.315 e. The highest BCUT2D eigenvalue weighted by Gasteiger charge is 2.51. The lowest BCUT2D eigenvalue weighted by Gasteiger charge is -2.56. The van der Waals surface area contributed by atoms with Crippen molar-refractivity contribution in [3.8, 4) is 5.75 Å². The van der Waals surface area contributed by atoms with E-state index in [-0.39, 0.29) is 36.8 Å². The molecule has 4 aliphatic rings. The molecule has 8 nitrogen and oxygen atoms in total. The van der Waals surface area contributed by atoms with Gasteiger partial charge in [-0.05, 0) is 74.0 Å². The summed E-state index contributed by atoms with van der Waals surface area (Å²) in [6.45, 7) is -0.0943. The molecule has 4 bridgehead atoms. The number of hydrogen-bond donors (Lipinski definition) is 2. The Bertz CT molecular complexity index is 902. The van der Waals surface area contributed by atoms with Crippen LogP contribution in [-0.4, -0.2) is 55.7 Å². The van der Waals surface area contributed by atoms with Gasteiger partial charge in [-0.1, -0.05) is 6.07 Å². The number of amides is 3. The van der Waals surface area contributed by atoms with Gasteiger partial charge >= 0.3 is 12.0 Å². The summed E-state index contributed by atoms with van der Waals surface area (Å²) in [5.74, 6) is 0.867. The number of nitrogens with zero attached hydrogens (tertiary/aromatic N) is 1. The zero-order valence-corrected chi connectivity index (χ0v) is 19.9. The Hall–Kier alpha value is -2.84. The topological polar surface area (TPSA) is 97.0 Å². The van der Waals surface area contributed by atoms with Crippen LogP contribution in [0, 0.1) is 23.6 Å². The van der Waals surface area contributed by atoms with Gasteiger partial charge in [-0.15, -0.1) is 0 Å². The average Bonchev–Trinajstić information content (AvgIpc) is 2.76. The van der Waals surface area contributed by atoms with E-state index in [1.54, 1.807) is 13.1 Å². The first-order chi connectivity index (χ1) is 16.2. The fraction of sp³-hybridized carbons (Fsp3) is 0.640. The Kier molecular flexibility index (Phi) is 7.28. The van der Waals surface area contributed by atoms with Gasteiger partial charge in [-0.25, -0.2) is 9.18 Å². The average molecular weight is 476 g/mol. The molecule has 9 heteroatoms. The van der Waals surface area contributed by atoms with Crippen molar-refractivity contribution < 1.29 is 28.2 Å². The standard InChI is InChI=1S/C25H34FN3O5/c1-29(14-16-3-4-21(33-2)20(26)10-16)22(30)15-34-23(31)5-6-27-24(32)28-25-11-17-7-18(12-25)9-19(8-17)13-25/h3-4,10,17-19H,5-9,11-15H2,1-2H3,(H2,27,28,32). The van der Waals surface area contributed by atoms with E-state index in [1.165, 1.54) is 43.4 Å². The number of nitrogens with one attached hydrogen (secondary N) is 2. The van der Waals surface area contributed by atoms with Crippen molar-refractivity contribution in [2.24, 2.45) is 17.8 Å². The Morgan fingerprint density at radius 2 is 1.76 bits per heavy atom. The molecule has 2 N–H and O–H groups in total. The highest BCUT2D eigenvalue weighted by molar-refractivity contribution is 5.81. The van der Waals surface area contributed by atoms with Crippen LogP contribution in [0.1, 0.15) is 50.5 Å². The minimum absolute atomic E-state index is 0.0189. The molecule has 4 aliphatic carbocycles. The van der Waals surface area contributed by atoms with Crippen LogP contribution in [0.4, 0.5) is 9.18 Å². The van der Waals surface area contributed by atoms with E-state index in [4.69, 9.17) is 9.47 Å². The lowest BCUT2D eigenvalue weighted by molar-refractivity contribution is -0.151. The number of likely N-dealkylation sites (N-methyl/N-ethyl adjacent to an activating group) is 1. The third kappa shape index (κ3) is 5.80. The first kappa shape index (κ1) is 24.3. The van der Waals surface area contributed by atoms with Crippen molar-refractivity contribution in [2.45, 2.75) is 57.0 Å². The van der Waals surface area contributed by atoms with Crippen molar-refractivity contribution in [1.29, 1.82) is 0 Å². The molecule has 34 heavy (non-hydrogen) atoms. The van der Waals surface area contributed by atoms with Gasteiger partial charge < -0.3 is 25.0 Å². The lowest BCUT2D eigenvalue weighted by Crippen LogP contribution is -2.61. The molecule has 4 fully saturated rings. The van der Waals surface area contributed by atoms with Crippen molar-refractivity contribution in [2.75, 3.05) is 27.3 Å². The molecule has 4 saturated carbocycles. The normalized spacial score (nSPS) is 26.6. The Morgan fingerprint density at radius 3 is 2.35 bits per heavy atom. The fourth-order valence-corrected chi connectivity index (χ4v) is 6.32. The zero-order chi connectivity index (χ0) is 24.3. The van der Waals surface area contributed by atoms with Crippen LogP contribution in [-0.2, 0) is 20.9 Å². The van der Waals surface area contributed by atoms with Gasteiger partial charge in [0, 0.05) is 25.7 Å². The van der Waals surface area contributed by atoms with E-state index in [1.807, 2.05) is 0 Å². The molecule has 3 amide bonds. The third-order valence-electron chi connectivity index (χ3n) is 7.45. The molecule has 5 rings (SSSR count). The predicted octanol–water partition coefficient (Wildman–Crippen LogP) is 2.99. The smallest absolute Gasteiger partial charge is 0.315 e. The van der Waals surface area contributed by atoms with E-state index in [0.717, 1.165) is 37.0 Å². The molecule has 0 spiro atoms. The van der Waals surface area contributed by atoms with Crippen LogP contribution in [0.25, 0.3) is 0 Å². The molecule has 0 radical (unpaired) electrons. The van der Waals surface area contributed by atoms with Gasteiger partial charge in [0.05, 0.1) is 13.5 Å². The van der Waals surface area contributed by atoms with Crippen LogP contribution in [0.5, 0.6) is 5.75 Å². The van der Waals surface area contributed by atoms with Gasteiger partial charge in [-0.2, -0.15) is 0 Å². The minimum atomic E-state index is -0.563. The van der Waals surface area contributed by atoms with Crippen LogP contribution in [0.2, 0.25) is 0 Å². The summed E-state index contributed by atoms with van der Waals surface area (Å²) in [5, 5.41) is 5.95. The number of urea groups is 1. The minimum Gasteiger partial charge on any atom is -0.494 e. The van der Waals surface area contributed by atoms with Gasteiger partial charge in [-0.3, -0.25) is 9.59 Å². The summed E-state index contributed by atoms with van der Waals surface area (Å²) in [7, 11) is 2.93. The second-order valence-corrected chi connectivity index (χ2v) is 10.2. The highest BCUT2D eigenvalue weighted by Crippen LogP contribution is 2.55. The molecule has 0 unspecified atom stereocenters. The SMILES string of the molecule is COc1ccc(CN(C)C(=O)COC(=O)CCNC(=O)NC23CC4CC(CC(C4)C2)C3)cc1F. The Morgan fingerprint density at radius 1 is 1.12 bits per heavy atom. The largest absolute Gasteiger partial charge is 0.494 e. The molecular weight excluding hydrogens is 441 g/mol. The maximum atomic E-state index is 13.8. The molecule has 1 aromatic rings. The van der Waals surface area contributed by atoms with Crippen molar-refractivity contribution in [3.05, 3.63) is 29.6 Å². The number of benzene rings is 1. The van der Waals surface area contributed by atoms with Crippen LogP contribution in [0.15, 0.2) is 18.2 Å². The monoisotopic (exact) mass is 475 g/mol. The van der Waals surface area contributed by atoms with Crippen molar-refractivity contribution in [1.82, 2.24) is 15.5 Å². The fourth-order valence-electron chi connectivity index (χ4n) is 6.32. The molecule has 0 saturated heterocycles. The van der Waals surface area contributed by atoms with Gasteiger partial charge in [0.2, 0.25) is 0 Å². The molecule has 0 aliphatic heterocycles. The number of rotatable bonds is 9. The van der Waals surface area contributed by atoms with Gasteiger partial charge in [0.25, 0.3) is 5.91 Å². The number of carbonyl (C=O) groups excluding carboxylic acids is 3. The van der Waals surface area contributed by atoms with E-state index < -0.39 is 24.3 Å². The Labute approximate surface area is 199 Å². The summed E-state index contributed by atoms with van der Waals surface area (Å²) in [6.07, 6.45) is 7.08. The van der Waals surface area contributed by atoms with Crippen molar-refractivity contribution >= 4 is 17.9 Å². The van der Waals surface area contributed by atoms with E-state index in [9.17, 15) is 18.8 Å². The van der Waals surface area contributed by atoms with Crippen LogP contribution >= 0.6 is 0 Å². The number of hydrogen-bond acceptors (Lipinski definition) is 5. The number of esters is 1. The second-order valence-electron chi connectivity index (χ2n) is 10.2. The summed E-state index contributed by atoms with van der Waals surface area (Å²) < 4.78 is 23.7. The summed E-state index contributed by atoms with van der Waals surface area (Å²) in [6, 6.07) is 4.22. The zero-order valence-electron chi connectivity index (χ0n) is 19.9. The molecular formula is C25H34FN3O5. The maximum absolute atomic E-state index is 13.8. The van der Waals surface area contributed by atoms with Crippen LogP contribution < -0.4 is 15.4 Å². The van der Waals surface area contributed by atoms with E-state index >= 15 is 0 Å². The number of carbonyl (C=O) groups is 3. The van der Waals surface area contributed by atoms with Gasteiger partial charge in [0.1, 0.15) is 0 Å². The number of halogens is 1. The first-order valence-corrected chi connectivity index (χ1v) is 12.0. The summed E-state index contributed by atoms with van der Waals surface area (Å²) in [5.41, 5.74) is 0.512. The lowest BCUT2D eigenvalue weighted by atomic mass is 9.53. The quantitative estimate of drug-likeness (QED) is 0.535.